The van der Waals surface area contributed by atoms with Crippen molar-refractivity contribution in [2.24, 2.45) is 11.8 Å². The van der Waals surface area contributed by atoms with E-state index < -0.39 is 5.97 Å². The summed E-state index contributed by atoms with van der Waals surface area (Å²) in [6.45, 7) is 2.54. The molecule has 2 aromatic carbocycles. The average Bonchev–Trinajstić information content (AvgIpc) is 3.41. The number of hydrogen-bond acceptors (Lipinski definition) is 2. The van der Waals surface area contributed by atoms with E-state index in [0.717, 1.165) is 41.0 Å². The number of ether oxygens (including phenoxy) is 1. The lowest BCUT2D eigenvalue weighted by molar-refractivity contribution is -0.141. The minimum absolute atomic E-state index is 0.340. The molecule has 3 aromatic rings. The van der Waals surface area contributed by atoms with Crippen LogP contribution < -0.4 is 4.74 Å². The molecular weight excluding hydrogens is 362 g/mol. The average molecular weight is 392 g/mol. The number of aryl methyl sites for hydroxylation is 1. The smallest absolute Gasteiger partial charge is 0.306 e. The second-order valence-electron chi connectivity index (χ2n) is 8.35. The van der Waals surface area contributed by atoms with Gasteiger partial charge in [-0.05, 0) is 78.4 Å². The van der Waals surface area contributed by atoms with Gasteiger partial charge in [0.1, 0.15) is 5.75 Å². The Morgan fingerprint density at radius 1 is 1.17 bits per heavy atom. The van der Waals surface area contributed by atoms with Crippen LogP contribution in [-0.2, 0) is 11.2 Å². The zero-order valence-electron chi connectivity index (χ0n) is 17.0. The maximum Gasteiger partial charge on any atom is 0.306 e. The zero-order chi connectivity index (χ0) is 20.2. The molecule has 1 aliphatic carbocycles. The van der Waals surface area contributed by atoms with Gasteiger partial charge in [0, 0.05) is 17.3 Å². The van der Waals surface area contributed by atoms with E-state index in [1.807, 2.05) is 6.20 Å². The van der Waals surface area contributed by atoms with Crippen LogP contribution in [-0.4, -0.2) is 22.7 Å². The van der Waals surface area contributed by atoms with Crippen molar-refractivity contribution in [1.29, 1.82) is 0 Å². The number of hydrogen-bond donors (Lipinski definition) is 2. The molecule has 4 nitrogen and oxygen atoms in total. The summed E-state index contributed by atoms with van der Waals surface area (Å²) in [7, 11) is 0. The fourth-order valence-corrected chi connectivity index (χ4v) is 4.20. The molecule has 4 rings (SSSR count). The van der Waals surface area contributed by atoms with Crippen molar-refractivity contribution in [2.45, 2.75) is 45.4 Å². The summed E-state index contributed by atoms with van der Waals surface area (Å²) < 4.78 is 6.29. The molecule has 0 bridgehead atoms. The summed E-state index contributed by atoms with van der Waals surface area (Å²) in [6, 6.07) is 14.8. The lowest BCUT2D eigenvalue weighted by Crippen LogP contribution is -2.10. The molecule has 0 saturated heterocycles. The molecule has 0 aliphatic heterocycles. The number of nitrogens with one attached hydrogen (secondary N) is 1. The Kier molecular flexibility index (Phi) is 5.89. The third-order valence-corrected chi connectivity index (χ3v) is 6.15. The van der Waals surface area contributed by atoms with Crippen LogP contribution in [0, 0.1) is 11.8 Å². The summed E-state index contributed by atoms with van der Waals surface area (Å²) in [5.41, 5.74) is 4.49. The van der Waals surface area contributed by atoms with E-state index in [4.69, 9.17) is 9.84 Å². The summed E-state index contributed by atoms with van der Waals surface area (Å²) in [5, 5.41) is 10.3. The van der Waals surface area contributed by atoms with Gasteiger partial charge in [0.05, 0.1) is 12.5 Å². The molecule has 1 atom stereocenters. The van der Waals surface area contributed by atoms with Crippen molar-refractivity contribution in [3.8, 4) is 16.9 Å². The first-order valence-electron chi connectivity index (χ1n) is 10.7. The molecule has 1 heterocycles. The highest BCUT2D eigenvalue weighted by molar-refractivity contribution is 5.86. The van der Waals surface area contributed by atoms with Gasteiger partial charge in [-0.25, -0.2) is 0 Å². The number of fused-ring (bicyclic) bond motifs is 1. The molecule has 1 unspecified atom stereocenters. The first kappa shape index (κ1) is 19.6. The Bertz CT molecular complexity index is 985. The molecule has 29 heavy (non-hydrogen) atoms. The highest BCUT2D eigenvalue weighted by Crippen LogP contribution is 2.35. The van der Waals surface area contributed by atoms with Crippen molar-refractivity contribution in [3.63, 3.8) is 0 Å². The quantitative estimate of drug-likeness (QED) is 0.491. The predicted octanol–water partition coefficient (Wildman–Crippen LogP) is 6.06. The van der Waals surface area contributed by atoms with Gasteiger partial charge in [-0.15, -0.1) is 0 Å². The molecule has 4 heteroatoms. The monoisotopic (exact) mass is 391 g/mol. The number of carboxylic acids is 1. The summed E-state index contributed by atoms with van der Waals surface area (Å²) in [4.78, 5) is 14.4. The summed E-state index contributed by atoms with van der Waals surface area (Å²) in [5.74, 6) is 0.500. The molecule has 1 fully saturated rings. The Hall–Kier alpha value is -2.75. The number of rotatable bonds is 8. The van der Waals surface area contributed by atoms with Crippen LogP contribution in [0.15, 0.2) is 48.7 Å². The minimum Gasteiger partial charge on any atom is -0.493 e. The fraction of sp³-hybridized carbons (Fsp3) is 0.400. The van der Waals surface area contributed by atoms with Crippen LogP contribution in [0.4, 0.5) is 0 Å². The predicted molar refractivity (Wildman–Crippen MR) is 116 cm³/mol. The van der Waals surface area contributed by atoms with E-state index >= 15 is 0 Å². The Labute approximate surface area is 171 Å². The van der Waals surface area contributed by atoms with Gasteiger partial charge in [0.15, 0.2) is 0 Å². The van der Waals surface area contributed by atoms with Gasteiger partial charge in [0.2, 0.25) is 0 Å². The van der Waals surface area contributed by atoms with E-state index in [-0.39, 0.29) is 5.92 Å². The summed E-state index contributed by atoms with van der Waals surface area (Å²) >= 11 is 0. The molecular formula is C25H29NO3. The maximum atomic E-state index is 11.2. The summed E-state index contributed by atoms with van der Waals surface area (Å²) in [6.07, 6.45) is 8.47. The van der Waals surface area contributed by atoms with Crippen LogP contribution in [0.2, 0.25) is 0 Å². The molecule has 152 valence electrons. The third-order valence-electron chi connectivity index (χ3n) is 6.15. The topological polar surface area (TPSA) is 62.3 Å². The highest BCUT2D eigenvalue weighted by atomic mass is 16.5. The lowest BCUT2D eigenvalue weighted by atomic mass is 9.96. The SMILES string of the molecule is CC(CCc1ccc(OCC2CCCC2)c(-c2ccc3[nH]ccc3c2)c1)C(=O)O. The van der Waals surface area contributed by atoms with Crippen LogP contribution in [0.5, 0.6) is 5.75 Å². The number of aromatic nitrogens is 1. The molecule has 0 radical (unpaired) electrons. The lowest BCUT2D eigenvalue weighted by Gasteiger charge is -2.17. The largest absolute Gasteiger partial charge is 0.493 e. The molecule has 1 aromatic heterocycles. The van der Waals surface area contributed by atoms with Crippen LogP contribution in [0.25, 0.3) is 22.0 Å². The van der Waals surface area contributed by atoms with Crippen molar-refractivity contribution in [2.75, 3.05) is 6.61 Å². The molecule has 1 saturated carbocycles. The fourth-order valence-electron chi connectivity index (χ4n) is 4.20. The second kappa shape index (κ2) is 8.73. The molecule has 0 amide bonds. The number of carboxylic acid groups (broad SMARTS) is 1. The van der Waals surface area contributed by atoms with Gasteiger partial charge in [-0.1, -0.05) is 31.9 Å². The zero-order valence-corrected chi connectivity index (χ0v) is 17.0. The number of benzene rings is 2. The Balaban J connectivity index is 1.61. The first-order chi connectivity index (χ1) is 14.1. The van der Waals surface area contributed by atoms with Gasteiger partial charge in [-0.2, -0.15) is 0 Å². The van der Waals surface area contributed by atoms with Crippen LogP contribution in [0.3, 0.4) is 0 Å². The van der Waals surface area contributed by atoms with Gasteiger partial charge in [0.25, 0.3) is 0 Å². The molecule has 2 N–H and O–H groups in total. The van der Waals surface area contributed by atoms with Crippen molar-refractivity contribution < 1.29 is 14.6 Å². The number of aliphatic carboxylic acids is 1. The third kappa shape index (κ3) is 4.64. The number of H-pyrrole nitrogens is 1. The molecule has 1 aliphatic rings. The number of aromatic amines is 1. The second-order valence-corrected chi connectivity index (χ2v) is 8.35. The van der Waals surface area contributed by atoms with E-state index in [1.165, 1.54) is 31.1 Å². The van der Waals surface area contributed by atoms with Crippen molar-refractivity contribution in [3.05, 3.63) is 54.2 Å². The first-order valence-corrected chi connectivity index (χ1v) is 10.7. The van der Waals surface area contributed by atoms with E-state index in [2.05, 4.69) is 47.4 Å². The van der Waals surface area contributed by atoms with E-state index in [9.17, 15) is 4.79 Å². The normalized spacial score (nSPS) is 15.6. The van der Waals surface area contributed by atoms with Crippen LogP contribution in [0.1, 0.15) is 44.6 Å². The van der Waals surface area contributed by atoms with Crippen molar-refractivity contribution in [1.82, 2.24) is 4.98 Å². The van der Waals surface area contributed by atoms with Crippen LogP contribution >= 0.6 is 0 Å². The van der Waals surface area contributed by atoms with E-state index in [1.54, 1.807) is 6.92 Å². The van der Waals surface area contributed by atoms with Gasteiger partial charge in [-0.3, -0.25) is 4.79 Å². The minimum atomic E-state index is -0.736. The maximum absolute atomic E-state index is 11.2. The number of carbonyl (C=O) groups is 1. The highest BCUT2D eigenvalue weighted by Gasteiger charge is 2.17. The molecule has 0 spiro atoms. The van der Waals surface area contributed by atoms with E-state index in [0.29, 0.717) is 12.3 Å². The van der Waals surface area contributed by atoms with Crippen molar-refractivity contribution >= 4 is 16.9 Å². The van der Waals surface area contributed by atoms with Gasteiger partial charge < -0.3 is 14.8 Å². The Morgan fingerprint density at radius 3 is 2.79 bits per heavy atom. The van der Waals surface area contributed by atoms with Gasteiger partial charge >= 0.3 is 5.97 Å². The Morgan fingerprint density at radius 2 is 2.00 bits per heavy atom. The standard InChI is InChI=1S/C25H29NO3/c1-17(25(27)28)6-7-18-8-11-24(29-16-19-4-2-3-5-19)22(14-18)20-9-10-23-21(15-20)12-13-26-23/h8-15,17,19,26H,2-7,16H2,1H3,(H,27,28).